The van der Waals surface area contributed by atoms with E-state index in [0.29, 0.717) is 37.5 Å². The molecule has 3 heterocycles. The maximum atomic E-state index is 13.8. The molecule has 0 radical (unpaired) electrons. The van der Waals surface area contributed by atoms with Gasteiger partial charge in [-0.1, -0.05) is 30.3 Å². The first kappa shape index (κ1) is 22.2. The van der Waals surface area contributed by atoms with E-state index in [1.807, 2.05) is 41.3 Å². The quantitative estimate of drug-likeness (QED) is 0.549. The molecule has 2 aliphatic heterocycles. The number of benzene rings is 2. The van der Waals surface area contributed by atoms with Crippen molar-refractivity contribution in [3.8, 4) is 11.5 Å². The largest absolute Gasteiger partial charge is 0.573 e. The third kappa shape index (κ3) is 4.84. The SMILES string of the molecule is O=C1[C@@H]2C[C@@H](CN2Cc2ccc(OC(F)(F)F)cc2)Oc2ccccc2N1Cc1cccnc1. The van der Waals surface area contributed by atoms with Crippen LogP contribution < -0.4 is 14.4 Å². The number of ether oxygens (including phenoxy) is 2. The van der Waals surface area contributed by atoms with Crippen molar-refractivity contribution in [3.05, 3.63) is 84.2 Å². The number of fused-ring (bicyclic) bond motifs is 3. The molecule has 1 saturated heterocycles. The highest BCUT2D eigenvalue weighted by Crippen LogP contribution is 2.37. The fraction of sp³-hybridized carbons (Fsp3) is 0.280. The van der Waals surface area contributed by atoms with Crippen molar-refractivity contribution in [1.29, 1.82) is 0 Å². The molecule has 176 valence electrons. The zero-order chi connectivity index (χ0) is 23.7. The van der Waals surface area contributed by atoms with E-state index < -0.39 is 12.4 Å². The van der Waals surface area contributed by atoms with Gasteiger partial charge in [0.15, 0.2) is 0 Å². The Hall–Kier alpha value is -3.59. The van der Waals surface area contributed by atoms with Crippen molar-refractivity contribution in [2.24, 2.45) is 0 Å². The van der Waals surface area contributed by atoms with E-state index in [1.165, 1.54) is 12.1 Å². The first-order valence-corrected chi connectivity index (χ1v) is 10.9. The first-order chi connectivity index (χ1) is 16.4. The second kappa shape index (κ2) is 8.98. The summed E-state index contributed by atoms with van der Waals surface area (Å²) in [6, 6.07) is 16.5. The van der Waals surface area contributed by atoms with Crippen LogP contribution in [0.1, 0.15) is 17.5 Å². The summed E-state index contributed by atoms with van der Waals surface area (Å²) in [6.45, 7) is 1.29. The van der Waals surface area contributed by atoms with E-state index >= 15 is 0 Å². The Morgan fingerprint density at radius 2 is 1.79 bits per heavy atom. The summed E-state index contributed by atoms with van der Waals surface area (Å²) in [6.07, 6.45) is -0.949. The third-order valence-corrected chi connectivity index (χ3v) is 5.97. The fourth-order valence-corrected chi connectivity index (χ4v) is 4.50. The molecular formula is C25H22F3N3O3. The lowest BCUT2D eigenvalue weighted by Crippen LogP contribution is -2.45. The normalized spacial score (nSPS) is 20.3. The second-order valence-corrected chi connectivity index (χ2v) is 8.37. The summed E-state index contributed by atoms with van der Waals surface area (Å²) in [7, 11) is 0. The van der Waals surface area contributed by atoms with Crippen LogP contribution in [0.4, 0.5) is 18.9 Å². The molecular weight excluding hydrogens is 447 g/mol. The number of alkyl halides is 3. The number of hydrogen-bond donors (Lipinski definition) is 0. The van der Waals surface area contributed by atoms with Gasteiger partial charge in [0.25, 0.3) is 0 Å². The van der Waals surface area contributed by atoms with Crippen molar-refractivity contribution in [2.75, 3.05) is 11.4 Å². The number of rotatable bonds is 5. The third-order valence-electron chi connectivity index (χ3n) is 5.97. The van der Waals surface area contributed by atoms with E-state index in [1.54, 1.807) is 29.4 Å². The Balaban J connectivity index is 1.39. The Morgan fingerprint density at radius 1 is 1.00 bits per heavy atom. The van der Waals surface area contributed by atoms with Crippen LogP contribution in [0.15, 0.2) is 73.1 Å². The number of hydrogen-bond acceptors (Lipinski definition) is 5. The number of amides is 1. The smallest absolute Gasteiger partial charge is 0.487 e. The van der Waals surface area contributed by atoms with Crippen LogP contribution >= 0.6 is 0 Å². The van der Waals surface area contributed by atoms with Crippen LogP contribution in [0.3, 0.4) is 0 Å². The van der Waals surface area contributed by atoms with Crippen molar-refractivity contribution >= 4 is 11.6 Å². The maximum absolute atomic E-state index is 13.8. The second-order valence-electron chi connectivity index (χ2n) is 8.37. The van der Waals surface area contributed by atoms with Crippen LogP contribution in [0.5, 0.6) is 11.5 Å². The lowest BCUT2D eigenvalue weighted by atomic mass is 10.1. The number of carbonyl (C=O) groups is 1. The number of anilines is 1. The zero-order valence-electron chi connectivity index (χ0n) is 18.1. The van der Waals surface area contributed by atoms with Crippen molar-refractivity contribution in [3.63, 3.8) is 0 Å². The summed E-state index contributed by atoms with van der Waals surface area (Å²) in [5, 5.41) is 0. The fourth-order valence-electron chi connectivity index (χ4n) is 4.50. The summed E-state index contributed by atoms with van der Waals surface area (Å²) in [4.78, 5) is 21.7. The van der Waals surface area contributed by atoms with E-state index in [0.717, 1.165) is 11.1 Å². The Morgan fingerprint density at radius 3 is 2.53 bits per heavy atom. The van der Waals surface area contributed by atoms with Crippen LogP contribution in [0.25, 0.3) is 0 Å². The molecule has 34 heavy (non-hydrogen) atoms. The highest BCUT2D eigenvalue weighted by Gasteiger charge is 2.42. The van der Waals surface area contributed by atoms with Gasteiger partial charge in [-0.2, -0.15) is 0 Å². The van der Waals surface area contributed by atoms with E-state index in [2.05, 4.69) is 9.72 Å². The highest BCUT2D eigenvalue weighted by molar-refractivity contribution is 5.99. The van der Waals surface area contributed by atoms with Crippen LogP contribution in [-0.4, -0.2) is 40.8 Å². The molecule has 6 nitrogen and oxygen atoms in total. The number of halogens is 3. The topological polar surface area (TPSA) is 54.9 Å². The number of pyridine rings is 1. The van der Waals surface area contributed by atoms with Crippen LogP contribution in [-0.2, 0) is 17.9 Å². The minimum atomic E-state index is -4.74. The van der Waals surface area contributed by atoms with Crippen molar-refractivity contribution in [1.82, 2.24) is 9.88 Å². The predicted molar refractivity (Wildman–Crippen MR) is 118 cm³/mol. The molecule has 0 spiro atoms. The maximum Gasteiger partial charge on any atom is 0.573 e. The van der Waals surface area contributed by atoms with Gasteiger partial charge in [0.05, 0.1) is 18.3 Å². The molecule has 2 aliphatic rings. The molecule has 9 heteroatoms. The molecule has 2 bridgehead atoms. The van der Waals surface area contributed by atoms with E-state index in [4.69, 9.17) is 4.74 Å². The first-order valence-electron chi connectivity index (χ1n) is 10.9. The van der Waals surface area contributed by atoms with Gasteiger partial charge >= 0.3 is 6.36 Å². The van der Waals surface area contributed by atoms with Gasteiger partial charge in [0, 0.05) is 31.9 Å². The molecule has 0 saturated carbocycles. The monoisotopic (exact) mass is 469 g/mol. The number of para-hydroxylation sites is 2. The lowest BCUT2D eigenvalue weighted by Gasteiger charge is -2.32. The average molecular weight is 469 g/mol. The molecule has 3 aromatic rings. The predicted octanol–water partition coefficient (Wildman–Crippen LogP) is 4.55. The van der Waals surface area contributed by atoms with E-state index in [-0.39, 0.29) is 17.8 Å². The van der Waals surface area contributed by atoms with Gasteiger partial charge < -0.3 is 14.4 Å². The number of likely N-dealkylation sites (tertiary alicyclic amines) is 1. The van der Waals surface area contributed by atoms with Gasteiger partial charge in [0.1, 0.15) is 17.6 Å². The molecule has 0 unspecified atom stereocenters. The van der Waals surface area contributed by atoms with Gasteiger partial charge in [-0.05, 0) is 41.5 Å². The lowest BCUT2D eigenvalue weighted by molar-refractivity contribution is -0.274. The Bertz CT molecular complexity index is 1160. The van der Waals surface area contributed by atoms with Gasteiger partial charge in [-0.15, -0.1) is 13.2 Å². The van der Waals surface area contributed by atoms with Crippen LogP contribution in [0.2, 0.25) is 0 Å². The zero-order valence-corrected chi connectivity index (χ0v) is 18.1. The molecule has 1 aromatic heterocycles. The summed E-state index contributed by atoms with van der Waals surface area (Å²) in [5.74, 6) is 0.334. The Kier molecular flexibility index (Phi) is 5.87. The van der Waals surface area contributed by atoms with Crippen molar-refractivity contribution in [2.45, 2.75) is 38.0 Å². The number of aromatic nitrogens is 1. The molecule has 0 aliphatic carbocycles. The van der Waals surface area contributed by atoms with E-state index in [9.17, 15) is 18.0 Å². The average Bonchev–Trinajstić information content (AvgIpc) is 3.21. The minimum Gasteiger partial charge on any atom is -0.487 e. The summed E-state index contributed by atoms with van der Waals surface area (Å²) in [5.41, 5.74) is 2.39. The molecule has 0 N–H and O–H groups in total. The van der Waals surface area contributed by atoms with Crippen molar-refractivity contribution < 1.29 is 27.4 Å². The molecule has 5 rings (SSSR count). The van der Waals surface area contributed by atoms with Crippen LogP contribution in [0, 0.1) is 0 Å². The Labute approximate surface area is 194 Å². The highest BCUT2D eigenvalue weighted by atomic mass is 19.4. The van der Waals surface area contributed by atoms with Gasteiger partial charge in [-0.3, -0.25) is 14.7 Å². The molecule has 2 atom stereocenters. The van der Waals surface area contributed by atoms with Gasteiger partial charge in [-0.25, -0.2) is 0 Å². The molecule has 1 fully saturated rings. The standard InChI is InChI=1S/C25H22F3N3O3/c26-25(27,28)34-19-9-7-17(8-10-19)14-30-16-20-12-22(30)24(32)31(15-18-4-3-11-29-13-18)21-5-1-2-6-23(21)33-20/h1-11,13,20,22H,12,14-16H2/t20-,22-/m0/s1. The summed E-state index contributed by atoms with van der Waals surface area (Å²) < 4.78 is 47.6. The molecule has 1 amide bonds. The number of carbonyl (C=O) groups excluding carboxylic acids is 1. The van der Waals surface area contributed by atoms with Gasteiger partial charge in [0.2, 0.25) is 5.91 Å². The molecule has 2 aromatic carbocycles. The number of nitrogens with zero attached hydrogens (tertiary/aromatic N) is 3. The minimum absolute atomic E-state index is 0.0425. The summed E-state index contributed by atoms with van der Waals surface area (Å²) >= 11 is 0.